The Kier molecular flexibility index (Phi) is 6.84. The Balaban J connectivity index is 1.88. The van der Waals surface area contributed by atoms with Gasteiger partial charge in [0.05, 0.1) is 6.10 Å². The third-order valence-corrected chi connectivity index (χ3v) is 13.6. The SMILES string of the molecule is CC(=O)CC[C@@]1(C)C[C@H](O[Si](c2ccccc2)(c2ccccc2)C(C)(C)C)[C@@]2(C)CCC=C2C1=O. The topological polar surface area (TPSA) is 43.4 Å². The van der Waals surface area contributed by atoms with Gasteiger partial charge in [0.1, 0.15) is 5.78 Å². The zero-order chi connectivity index (χ0) is 25.5. The van der Waals surface area contributed by atoms with Gasteiger partial charge in [-0.25, -0.2) is 0 Å². The van der Waals surface area contributed by atoms with Crippen molar-refractivity contribution in [2.24, 2.45) is 10.8 Å². The van der Waals surface area contributed by atoms with E-state index in [2.05, 4.69) is 101 Å². The Morgan fingerprint density at radius 1 is 1.00 bits per heavy atom. The molecule has 0 saturated heterocycles. The van der Waals surface area contributed by atoms with Gasteiger partial charge in [-0.2, -0.15) is 0 Å². The summed E-state index contributed by atoms with van der Waals surface area (Å²) in [6, 6.07) is 21.5. The summed E-state index contributed by atoms with van der Waals surface area (Å²) in [6.07, 6.45) is 5.54. The summed E-state index contributed by atoms with van der Waals surface area (Å²) >= 11 is 0. The maximum Gasteiger partial charge on any atom is 0.261 e. The first-order valence-electron chi connectivity index (χ1n) is 13.0. The summed E-state index contributed by atoms with van der Waals surface area (Å²) < 4.78 is 7.64. The summed E-state index contributed by atoms with van der Waals surface area (Å²) in [5.74, 6) is 0.360. The first kappa shape index (κ1) is 25.8. The van der Waals surface area contributed by atoms with Crippen LogP contribution in [-0.2, 0) is 14.0 Å². The van der Waals surface area contributed by atoms with Gasteiger partial charge in [-0.1, -0.05) is 101 Å². The van der Waals surface area contributed by atoms with Crippen molar-refractivity contribution in [2.45, 2.75) is 84.8 Å². The second kappa shape index (κ2) is 9.29. The van der Waals surface area contributed by atoms with E-state index in [1.165, 1.54) is 10.4 Å². The highest BCUT2D eigenvalue weighted by Crippen LogP contribution is 2.56. The second-order valence-electron chi connectivity index (χ2n) is 12.1. The third-order valence-electron chi connectivity index (χ3n) is 8.53. The molecule has 35 heavy (non-hydrogen) atoms. The van der Waals surface area contributed by atoms with E-state index in [0.717, 1.165) is 18.4 Å². The van der Waals surface area contributed by atoms with E-state index in [1.54, 1.807) is 6.92 Å². The molecule has 0 bridgehead atoms. The summed E-state index contributed by atoms with van der Waals surface area (Å²) in [5.41, 5.74) is 0.0369. The maximum absolute atomic E-state index is 13.8. The predicted octanol–water partition coefficient (Wildman–Crippen LogP) is 6.01. The van der Waals surface area contributed by atoms with E-state index in [-0.39, 0.29) is 28.1 Å². The quantitative estimate of drug-likeness (QED) is 0.449. The number of Topliss-reactive ketones (excluding diaryl/α,β-unsaturated/α-hetero) is 2. The lowest BCUT2D eigenvalue weighted by Gasteiger charge is -2.53. The highest BCUT2D eigenvalue weighted by molar-refractivity contribution is 6.99. The van der Waals surface area contributed by atoms with Crippen LogP contribution < -0.4 is 10.4 Å². The lowest BCUT2D eigenvalue weighted by molar-refractivity contribution is -0.134. The molecule has 0 spiro atoms. The zero-order valence-electron chi connectivity index (χ0n) is 22.2. The average molecular weight is 489 g/mol. The van der Waals surface area contributed by atoms with Gasteiger partial charge < -0.3 is 9.22 Å². The van der Waals surface area contributed by atoms with Crippen LogP contribution in [0.25, 0.3) is 0 Å². The van der Waals surface area contributed by atoms with Gasteiger partial charge in [0.25, 0.3) is 8.32 Å². The highest BCUT2D eigenvalue weighted by Gasteiger charge is 2.59. The van der Waals surface area contributed by atoms with Gasteiger partial charge in [0.2, 0.25) is 0 Å². The molecule has 4 rings (SSSR count). The summed E-state index contributed by atoms with van der Waals surface area (Å²) in [6.45, 7) is 12.8. The van der Waals surface area contributed by atoms with Crippen LogP contribution in [0.3, 0.4) is 0 Å². The number of rotatable bonds is 7. The minimum Gasteiger partial charge on any atom is -0.404 e. The minimum atomic E-state index is -2.78. The Bertz CT molecular complexity index is 1080. The van der Waals surface area contributed by atoms with E-state index in [1.807, 2.05) is 0 Å². The van der Waals surface area contributed by atoms with Crippen molar-refractivity contribution in [3.8, 4) is 0 Å². The highest BCUT2D eigenvalue weighted by atomic mass is 28.4. The van der Waals surface area contributed by atoms with Gasteiger partial charge in [0.15, 0.2) is 5.78 Å². The molecule has 0 N–H and O–H groups in total. The molecule has 1 saturated carbocycles. The van der Waals surface area contributed by atoms with Crippen molar-refractivity contribution in [2.75, 3.05) is 0 Å². The van der Waals surface area contributed by atoms with E-state index < -0.39 is 13.7 Å². The zero-order valence-corrected chi connectivity index (χ0v) is 23.2. The number of allylic oxidation sites excluding steroid dienone is 1. The Morgan fingerprint density at radius 2 is 1.54 bits per heavy atom. The fourth-order valence-corrected chi connectivity index (χ4v) is 11.2. The molecule has 0 radical (unpaired) electrons. The van der Waals surface area contributed by atoms with Gasteiger partial charge in [-0.3, -0.25) is 4.79 Å². The van der Waals surface area contributed by atoms with Crippen LogP contribution in [0.1, 0.15) is 73.6 Å². The molecule has 2 aromatic carbocycles. The molecule has 3 atom stereocenters. The molecule has 0 amide bonds. The van der Waals surface area contributed by atoms with Gasteiger partial charge in [-0.15, -0.1) is 0 Å². The summed E-state index contributed by atoms with van der Waals surface area (Å²) in [4.78, 5) is 25.7. The monoisotopic (exact) mass is 488 g/mol. The Morgan fingerprint density at radius 3 is 2.03 bits per heavy atom. The molecule has 0 unspecified atom stereocenters. The van der Waals surface area contributed by atoms with Gasteiger partial charge in [-0.05, 0) is 48.0 Å². The Hall–Kier alpha value is -2.30. The second-order valence-corrected chi connectivity index (χ2v) is 16.4. The fraction of sp³-hybridized carbons (Fsp3) is 0.484. The van der Waals surface area contributed by atoms with Gasteiger partial charge >= 0.3 is 0 Å². The van der Waals surface area contributed by atoms with Crippen molar-refractivity contribution >= 4 is 30.3 Å². The Labute approximate surface area is 212 Å². The number of benzene rings is 2. The number of ketones is 2. The predicted molar refractivity (Wildman–Crippen MR) is 146 cm³/mol. The summed E-state index contributed by atoms with van der Waals surface area (Å²) in [5, 5.41) is 2.38. The third kappa shape index (κ3) is 4.40. The van der Waals surface area contributed by atoms with Crippen LogP contribution in [0.4, 0.5) is 0 Å². The molecule has 1 fully saturated rings. The lowest BCUT2D eigenvalue weighted by atomic mass is 9.59. The molecule has 186 valence electrons. The molecule has 0 aromatic heterocycles. The van der Waals surface area contributed by atoms with Crippen LogP contribution in [0.2, 0.25) is 5.04 Å². The largest absolute Gasteiger partial charge is 0.404 e. The summed E-state index contributed by atoms with van der Waals surface area (Å²) in [7, 11) is -2.78. The van der Waals surface area contributed by atoms with Crippen molar-refractivity contribution in [3.63, 3.8) is 0 Å². The number of carbonyl (C=O) groups excluding carboxylic acids is 2. The molecule has 4 heteroatoms. The fourth-order valence-electron chi connectivity index (χ4n) is 6.37. The standard InChI is InChI=1S/C31H40O3Si/c1-23(32)19-21-30(5)22-27(31(6)20-13-18-26(31)28(30)33)34-35(29(2,3)4,24-14-9-7-10-15-24)25-16-11-8-12-17-25/h7-12,14-18,27H,13,19-22H2,1-6H3/t27-,30-,31-/m0/s1. The first-order valence-corrected chi connectivity index (χ1v) is 14.9. The van der Waals surface area contributed by atoms with E-state index in [9.17, 15) is 9.59 Å². The van der Waals surface area contributed by atoms with Crippen LogP contribution in [0.5, 0.6) is 0 Å². The van der Waals surface area contributed by atoms with Crippen LogP contribution in [0.15, 0.2) is 72.3 Å². The van der Waals surface area contributed by atoms with Crippen molar-refractivity contribution < 1.29 is 14.0 Å². The molecule has 2 aliphatic rings. The van der Waals surface area contributed by atoms with Crippen LogP contribution in [0, 0.1) is 10.8 Å². The maximum atomic E-state index is 13.8. The normalized spacial score (nSPS) is 26.9. The molecular formula is C31H40O3Si. The van der Waals surface area contributed by atoms with E-state index in [0.29, 0.717) is 19.3 Å². The molecule has 2 aromatic rings. The smallest absolute Gasteiger partial charge is 0.261 e. The molecule has 3 nitrogen and oxygen atoms in total. The average Bonchev–Trinajstić information content (AvgIpc) is 3.23. The number of fused-ring (bicyclic) bond motifs is 1. The van der Waals surface area contributed by atoms with Crippen molar-refractivity contribution in [1.29, 1.82) is 0 Å². The van der Waals surface area contributed by atoms with Crippen LogP contribution >= 0.6 is 0 Å². The first-order chi connectivity index (χ1) is 16.4. The van der Waals surface area contributed by atoms with Gasteiger partial charge in [0, 0.05) is 22.8 Å². The van der Waals surface area contributed by atoms with Crippen molar-refractivity contribution in [3.05, 3.63) is 72.3 Å². The van der Waals surface area contributed by atoms with Crippen LogP contribution in [-0.4, -0.2) is 26.0 Å². The van der Waals surface area contributed by atoms with E-state index >= 15 is 0 Å². The number of carbonyl (C=O) groups is 2. The minimum absolute atomic E-state index is 0.0998. The molecule has 0 heterocycles. The molecule has 2 aliphatic carbocycles. The molecular weight excluding hydrogens is 448 g/mol. The van der Waals surface area contributed by atoms with E-state index in [4.69, 9.17) is 4.43 Å². The molecule has 0 aliphatic heterocycles. The lowest BCUT2D eigenvalue weighted by Crippen LogP contribution is -2.69. The number of hydrogen-bond acceptors (Lipinski definition) is 3. The van der Waals surface area contributed by atoms with Crippen molar-refractivity contribution in [1.82, 2.24) is 0 Å². The number of hydrogen-bond donors (Lipinski definition) is 0.